The molecule has 180 valence electrons. The van der Waals surface area contributed by atoms with E-state index in [0.717, 1.165) is 16.5 Å². The van der Waals surface area contributed by atoms with Crippen molar-refractivity contribution in [1.29, 1.82) is 0 Å². The second-order valence-electron chi connectivity index (χ2n) is 8.18. The number of nitrogens with zero attached hydrogens (tertiary/aromatic N) is 3. The number of ether oxygens (including phenoxy) is 2. The van der Waals surface area contributed by atoms with Crippen molar-refractivity contribution in [3.8, 4) is 0 Å². The van der Waals surface area contributed by atoms with E-state index >= 15 is 0 Å². The number of aliphatic imine (C=N–C) groups is 1. The van der Waals surface area contributed by atoms with Crippen molar-refractivity contribution in [2.24, 2.45) is 4.99 Å². The largest absolute Gasteiger partial charge is 0.468 e. The fourth-order valence-corrected chi connectivity index (χ4v) is 4.59. The first-order valence-electron chi connectivity index (χ1n) is 11.0. The lowest BCUT2D eigenvalue weighted by Gasteiger charge is -2.09. The summed E-state index contributed by atoms with van der Waals surface area (Å²) in [6, 6.07) is 14.5. The maximum atomic E-state index is 13.0. The Bertz CT molecular complexity index is 1370. The van der Waals surface area contributed by atoms with Gasteiger partial charge in [-0.3, -0.25) is 14.5 Å². The van der Waals surface area contributed by atoms with Crippen LogP contribution in [-0.2, 0) is 25.6 Å². The molecule has 0 atom stereocenters. The number of thioether (sulfide) groups is 1. The Hall–Kier alpha value is -3.85. The second-order valence-corrected chi connectivity index (χ2v) is 9.19. The molecule has 1 aromatic heterocycles. The van der Waals surface area contributed by atoms with Crippen molar-refractivity contribution < 1.29 is 23.9 Å². The first-order valence-corrected chi connectivity index (χ1v) is 11.8. The highest BCUT2D eigenvalue weighted by atomic mass is 32.2. The second kappa shape index (κ2) is 10.2. The minimum absolute atomic E-state index is 0.0729. The zero-order chi connectivity index (χ0) is 25.1. The first-order chi connectivity index (χ1) is 16.8. The van der Waals surface area contributed by atoms with E-state index in [-0.39, 0.29) is 24.5 Å². The fraction of sp³-hybridized carbons (Fsp3) is 0.231. The number of likely N-dealkylation sites (N-methyl/N-ethyl adjacent to an activating group) is 1. The number of rotatable bonds is 6. The molecule has 2 aromatic carbocycles. The minimum atomic E-state index is -0.422. The molecule has 1 saturated heterocycles. The Morgan fingerprint density at radius 3 is 2.66 bits per heavy atom. The number of methoxy groups -OCH3 is 1. The van der Waals surface area contributed by atoms with E-state index in [2.05, 4.69) is 4.99 Å². The van der Waals surface area contributed by atoms with Gasteiger partial charge in [-0.2, -0.15) is 0 Å². The van der Waals surface area contributed by atoms with Gasteiger partial charge in [0.15, 0.2) is 5.17 Å². The quantitative estimate of drug-likeness (QED) is 0.369. The fourth-order valence-electron chi connectivity index (χ4n) is 3.61. The number of carbonyl (C=O) groups is 3. The maximum Gasteiger partial charge on any atom is 0.338 e. The lowest BCUT2D eigenvalue weighted by atomic mass is 10.1. The average molecular weight is 492 g/mol. The molecular weight excluding hydrogens is 466 g/mol. The molecule has 1 amide bonds. The Balaban J connectivity index is 1.64. The standard InChI is InChI=1S/C26H25N3O5S/c1-16(2)34-25(32)17-8-7-9-19(12-17)27-26-28(3)24(31)22(35-26)13-18-14-29(15-23(30)33-4)21-11-6-5-10-20(18)21/h5-14,16H,15H2,1-4H3. The molecule has 0 aliphatic carbocycles. The zero-order valence-corrected chi connectivity index (χ0v) is 20.7. The molecule has 0 unspecified atom stereocenters. The molecule has 0 saturated carbocycles. The summed E-state index contributed by atoms with van der Waals surface area (Å²) in [6.07, 6.45) is 3.41. The van der Waals surface area contributed by atoms with Crippen LogP contribution in [0.5, 0.6) is 0 Å². The van der Waals surface area contributed by atoms with Gasteiger partial charge >= 0.3 is 11.9 Å². The summed E-state index contributed by atoms with van der Waals surface area (Å²) in [5.74, 6) is -0.965. The zero-order valence-electron chi connectivity index (χ0n) is 19.8. The smallest absolute Gasteiger partial charge is 0.338 e. The van der Waals surface area contributed by atoms with Crippen molar-refractivity contribution in [2.45, 2.75) is 26.5 Å². The van der Waals surface area contributed by atoms with Crippen LogP contribution < -0.4 is 0 Å². The van der Waals surface area contributed by atoms with Gasteiger partial charge in [0.2, 0.25) is 0 Å². The molecule has 1 aliphatic heterocycles. The molecule has 0 N–H and O–H groups in total. The molecule has 2 heterocycles. The Kier molecular flexibility index (Phi) is 7.07. The third kappa shape index (κ3) is 5.30. The molecule has 9 heteroatoms. The van der Waals surface area contributed by atoms with Crippen LogP contribution in [0.3, 0.4) is 0 Å². The van der Waals surface area contributed by atoms with Crippen molar-refractivity contribution in [1.82, 2.24) is 9.47 Å². The van der Waals surface area contributed by atoms with Gasteiger partial charge in [-0.15, -0.1) is 0 Å². The number of amidine groups is 1. The third-order valence-corrected chi connectivity index (χ3v) is 6.35. The highest BCUT2D eigenvalue weighted by molar-refractivity contribution is 8.18. The number of fused-ring (bicyclic) bond motifs is 1. The molecule has 4 rings (SSSR count). The summed E-state index contributed by atoms with van der Waals surface area (Å²) >= 11 is 1.25. The number of benzene rings is 2. The number of para-hydroxylation sites is 1. The third-order valence-electron chi connectivity index (χ3n) is 5.29. The molecule has 3 aromatic rings. The van der Waals surface area contributed by atoms with Crippen LogP contribution in [0.1, 0.15) is 29.8 Å². The van der Waals surface area contributed by atoms with Crippen molar-refractivity contribution in [3.63, 3.8) is 0 Å². The van der Waals surface area contributed by atoms with E-state index in [1.165, 1.54) is 23.8 Å². The number of amides is 1. The van der Waals surface area contributed by atoms with Crippen molar-refractivity contribution in [2.75, 3.05) is 14.2 Å². The predicted molar refractivity (Wildman–Crippen MR) is 136 cm³/mol. The molecule has 1 fully saturated rings. The summed E-state index contributed by atoms with van der Waals surface area (Å²) in [4.78, 5) is 43.6. The summed E-state index contributed by atoms with van der Waals surface area (Å²) in [7, 11) is 3.01. The van der Waals surface area contributed by atoms with Crippen LogP contribution in [0.15, 0.2) is 64.6 Å². The van der Waals surface area contributed by atoms with Gasteiger partial charge in [0.1, 0.15) is 6.54 Å². The number of aromatic nitrogens is 1. The summed E-state index contributed by atoms with van der Waals surface area (Å²) in [5.41, 5.74) is 2.62. The van der Waals surface area contributed by atoms with E-state index in [1.54, 1.807) is 55.8 Å². The van der Waals surface area contributed by atoms with E-state index in [1.807, 2.05) is 30.5 Å². The minimum Gasteiger partial charge on any atom is -0.468 e. The Morgan fingerprint density at radius 2 is 1.91 bits per heavy atom. The van der Waals surface area contributed by atoms with E-state index in [9.17, 15) is 14.4 Å². The van der Waals surface area contributed by atoms with Crippen LogP contribution in [0, 0.1) is 0 Å². The van der Waals surface area contributed by atoms with Crippen LogP contribution >= 0.6 is 11.8 Å². The van der Waals surface area contributed by atoms with Gasteiger partial charge in [0.05, 0.1) is 29.4 Å². The number of carbonyl (C=O) groups excluding carboxylic acids is 3. The lowest BCUT2D eigenvalue weighted by Crippen LogP contribution is -2.23. The SMILES string of the molecule is COC(=O)Cn1cc(C=C2SC(=Nc3cccc(C(=O)OC(C)C)c3)N(C)C2=O)c2ccccc21. The monoisotopic (exact) mass is 491 g/mol. The van der Waals surface area contributed by atoms with Gasteiger partial charge < -0.3 is 14.0 Å². The summed E-state index contributed by atoms with van der Waals surface area (Å²) in [6.45, 7) is 3.65. The van der Waals surface area contributed by atoms with Gasteiger partial charge in [0, 0.05) is 29.7 Å². The topological polar surface area (TPSA) is 90.2 Å². The first kappa shape index (κ1) is 24.3. The van der Waals surface area contributed by atoms with Gasteiger partial charge in [-0.25, -0.2) is 9.79 Å². The van der Waals surface area contributed by atoms with Crippen LogP contribution in [0.4, 0.5) is 5.69 Å². The molecule has 0 bridgehead atoms. The highest BCUT2D eigenvalue weighted by Crippen LogP contribution is 2.35. The van der Waals surface area contributed by atoms with Gasteiger partial charge in [0.25, 0.3) is 5.91 Å². The molecule has 8 nitrogen and oxygen atoms in total. The summed E-state index contributed by atoms with van der Waals surface area (Å²) in [5, 5.41) is 1.41. The van der Waals surface area contributed by atoms with E-state index in [4.69, 9.17) is 9.47 Å². The lowest BCUT2D eigenvalue weighted by molar-refractivity contribution is -0.141. The Morgan fingerprint density at radius 1 is 1.14 bits per heavy atom. The Labute approximate surface area is 207 Å². The van der Waals surface area contributed by atoms with Crippen molar-refractivity contribution >= 4 is 57.4 Å². The molecule has 0 radical (unpaired) electrons. The highest BCUT2D eigenvalue weighted by Gasteiger charge is 2.31. The molecule has 35 heavy (non-hydrogen) atoms. The number of esters is 2. The molecular formula is C26H25N3O5S. The van der Waals surface area contributed by atoms with Gasteiger partial charge in [-0.05, 0) is 56.0 Å². The average Bonchev–Trinajstić information content (AvgIpc) is 3.31. The maximum absolute atomic E-state index is 13.0. The van der Waals surface area contributed by atoms with Crippen LogP contribution in [0.25, 0.3) is 17.0 Å². The molecule has 0 spiro atoms. The number of hydrogen-bond acceptors (Lipinski definition) is 7. The van der Waals surface area contributed by atoms with Crippen LogP contribution in [-0.4, -0.2) is 52.7 Å². The summed E-state index contributed by atoms with van der Waals surface area (Å²) < 4.78 is 11.9. The van der Waals surface area contributed by atoms with Crippen LogP contribution in [0.2, 0.25) is 0 Å². The van der Waals surface area contributed by atoms with E-state index < -0.39 is 5.97 Å². The van der Waals surface area contributed by atoms with Gasteiger partial charge in [-0.1, -0.05) is 24.3 Å². The molecule has 1 aliphatic rings. The van der Waals surface area contributed by atoms with Crippen molar-refractivity contribution in [3.05, 3.63) is 70.8 Å². The number of hydrogen-bond donors (Lipinski definition) is 0. The van der Waals surface area contributed by atoms with E-state index in [0.29, 0.717) is 21.3 Å². The predicted octanol–water partition coefficient (Wildman–Crippen LogP) is 4.61. The normalized spacial score (nSPS) is 16.0.